The maximum absolute atomic E-state index is 14.3. The van der Waals surface area contributed by atoms with Gasteiger partial charge in [-0.3, -0.25) is 0 Å². The molecule has 0 fully saturated rings. The number of nitrogen functional groups attached to an aromatic ring is 1. The van der Waals surface area contributed by atoms with E-state index in [1.807, 2.05) is 43.3 Å². The monoisotopic (exact) mass is 2040 g/mol. The normalized spacial score (nSPS) is 12.1. The van der Waals surface area contributed by atoms with Crippen LogP contribution in [-0.2, 0) is 82.8 Å². The molecule has 10 rings (SSSR count). The molecule has 16 atom stereocenters. The summed E-state index contributed by atoms with van der Waals surface area (Å²) in [6.07, 6.45) is 7.09. The topological polar surface area (TPSA) is 74.5 Å². The molecule has 0 saturated carbocycles. The van der Waals surface area contributed by atoms with Gasteiger partial charge in [0.25, 0.3) is 0 Å². The van der Waals surface area contributed by atoms with Crippen LogP contribution in [0.1, 0.15) is 103 Å². The summed E-state index contributed by atoms with van der Waals surface area (Å²) in [7, 11) is 43.0. The van der Waals surface area contributed by atoms with Gasteiger partial charge in [-0.2, -0.15) is 0 Å². The second-order valence-corrected chi connectivity index (χ2v) is 124. The number of aromatic nitrogens is 5. The van der Waals surface area contributed by atoms with Crippen LogP contribution in [0.5, 0.6) is 0 Å². The summed E-state index contributed by atoms with van der Waals surface area (Å²) < 4.78 is 73.5. The fraction of sp³-hybridized carbons (Fsp3) is 0.254. The van der Waals surface area contributed by atoms with Crippen molar-refractivity contribution in [3.63, 3.8) is 0 Å². The number of nitrogens with two attached hydrogens (primary N) is 1. The van der Waals surface area contributed by atoms with Gasteiger partial charge < -0.3 is 14.9 Å². The van der Waals surface area contributed by atoms with Gasteiger partial charge in [-0.25, -0.2) is 36.9 Å². The van der Waals surface area contributed by atoms with E-state index in [-0.39, 0.29) is 132 Å². The van der Waals surface area contributed by atoms with Crippen LogP contribution < -0.4 is 5.73 Å². The third-order valence-corrected chi connectivity index (χ3v) is 178. The SMILES string of the molecule is C.Cc1cc(CCc2cc(F)cc(Br)c2)nc(-n2c(C)ccc2C)c1.Cc1cc(CCc2cc(F)cc(CCc3cccc(F)c3)c2)nc(-n2c(C)ccc2C)c1.Cc1cc(N)nc(CCc2cc(F)cc(CCc3cccc(F)c3)c2)c1.PPP(P(P)P)P(P(P)P)P(P(P(P)P)P(P)P)P(P(P)P)P(P)P.[V]. The average Bonchev–Trinajstić information content (AvgIpc) is 1.44. The minimum absolute atomic E-state index is 0. The van der Waals surface area contributed by atoms with Gasteiger partial charge in [0.2, 0.25) is 0 Å². The molecule has 0 aliphatic rings. The van der Waals surface area contributed by atoms with Crippen LogP contribution in [-0.4, -0.2) is 24.1 Å². The van der Waals surface area contributed by atoms with Crippen LogP contribution in [0.2, 0.25) is 0 Å². The molecular formula is C71H101BrF5N6P25V. The number of rotatable bonds is 28. The molecule has 0 spiro atoms. The molecule has 16 unspecified atom stereocenters. The molecule has 0 amide bonds. The Hall–Kier alpha value is 3.37. The summed E-state index contributed by atoms with van der Waals surface area (Å²) in [6.45, 7) is 15.0. The molecule has 6 nitrogen and oxygen atoms in total. The van der Waals surface area contributed by atoms with Crippen molar-refractivity contribution in [2.24, 2.45) is 0 Å². The molecule has 0 aliphatic carbocycles. The molecule has 1 radical (unpaired) electrons. The molecule has 0 saturated heterocycles. The van der Waals surface area contributed by atoms with Gasteiger partial charge in [0.1, 0.15) is 46.5 Å². The first-order chi connectivity index (χ1) is 50.6. The number of anilines is 1. The first kappa shape index (κ1) is 103. The fourth-order valence-electron chi connectivity index (χ4n) is 11.7. The van der Waals surface area contributed by atoms with Gasteiger partial charge in [0.05, 0.1) is 0 Å². The second kappa shape index (κ2) is 52.1. The van der Waals surface area contributed by atoms with Gasteiger partial charge in [-0.15, -0.1) is 116 Å². The van der Waals surface area contributed by atoms with E-state index < -0.39 is 0 Å². The Kier molecular flexibility index (Phi) is 49.2. The summed E-state index contributed by atoms with van der Waals surface area (Å²) in [6, 6.07) is 49.1. The predicted molar refractivity (Wildman–Crippen MR) is 543 cm³/mol. The molecule has 2 N–H and O–H groups in total. The summed E-state index contributed by atoms with van der Waals surface area (Å²) >= 11 is 3.35. The molecule has 0 aliphatic heterocycles. The van der Waals surface area contributed by atoms with E-state index in [4.69, 9.17) is 15.7 Å². The van der Waals surface area contributed by atoms with Crippen molar-refractivity contribution in [3.05, 3.63) is 293 Å². The molecular weight excluding hydrogens is 1940 g/mol. The van der Waals surface area contributed by atoms with E-state index in [9.17, 15) is 22.0 Å². The number of halogens is 6. The number of aryl methyl sites for hydroxylation is 17. The van der Waals surface area contributed by atoms with E-state index in [1.54, 1.807) is 42.5 Å². The minimum Gasteiger partial charge on any atom is -0.384 e. The number of nitrogens with zero attached hydrogens (tertiary/aromatic N) is 5. The summed E-state index contributed by atoms with van der Waals surface area (Å²) in [5.41, 5.74) is 23.3. The molecule has 5 aromatic heterocycles. The van der Waals surface area contributed by atoms with Crippen LogP contribution >= 0.6 is 217 Å². The Morgan fingerprint density at radius 3 is 0.963 bits per heavy atom. The van der Waals surface area contributed by atoms with E-state index in [0.717, 1.165) is 122 Å². The van der Waals surface area contributed by atoms with Crippen LogP contribution in [0, 0.1) is 77.6 Å². The largest absolute Gasteiger partial charge is 0.384 e. The average molecular weight is 2040 g/mol. The number of hydrogen-bond donors (Lipinski definition) is 1. The Balaban J connectivity index is 0.000000261. The second-order valence-electron chi connectivity index (χ2n) is 25.2. The molecule has 5 aromatic carbocycles. The zero-order valence-electron chi connectivity index (χ0n) is 61.1. The standard InChI is InChI=1S/C28H28F2N2.C22H22F2N2.C20H20BrFN2.CH4.H27P25.V/c1-19-13-27(31-28(14-19)32-20(2)7-8-21(32)3)12-11-24-15-23(17-26(30)18-24)10-9-22-5-4-6-25(29)16-22;1-15-9-21(26-22(25)10-15)8-7-18-11-17(13-20(24)14-18)6-5-16-3-2-4-19(23)12-16;1-13-8-19(7-6-16-10-17(21)12-18(22)11-16)23-20(9-13)24-14(2)4-5-15(24)3;;1-14-21(15(2)3)24(20(12)13)25(22(16(4)5)17(6)7)23(18(8)9)19(10)11;/h4-8,13-18H,9-12H2,1-3H3;2-4,9-14H,5-8H2,1H3,(H2,25,26);4-5,8-12H,6-7H2,1-3H3;1H4;14H,1-13H2;. The van der Waals surface area contributed by atoms with Crippen LogP contribution in [0.4, 0.5) is 27.8 Å². The van der Waals surface area contributed by atoms with Gasteiger partial charge in [-0.05, 0) is 373 Å². The maximum Gasteiger partial charge on any atom is 0.137 e. The third kappa shape index (κ3) is 34.5. The Labute approximate surface area is 710 Å². The van der Waals surface area contributed by atoms with Crippen LogP contribution in [0.15, 0.2) is 168 Å². The zero-order chi connectivity index (χ0) is 78.5. The smallest absolute Gasteiger partial charge is 0.137 e. The van der Waals surface area contributed by atoms with Gasteiger partial charge in [-0.1, -0.05) is 67.7 Å². The van der Waals surface area contributed by atoms with Gasteiger partial charge in [0, 0.05) is 62.9 Å². The minimum atomic E-state index is -0.243. The maximum atomic E-state index is 14.3. The van der Waals surface area contributed by atoms with Crippen molar-refractivity contribution in [1.82, 2.24) is 24.1 Å². The number of hydrogen-bond acceptors (Lipinski definition) is 4. The molecule has 38 heteroatoms. The number of benzene rings is 5. The predicted octanol–water partition coefficient (Wildman–Crippen LogP) is 31.9. The van der Waals surface area contributed by atoms with Crippen molar-refractivity contribution >= 4 is 223 Å². The van der Waals surface area contributed by atoms with Crippen molar-refractivity contribution in [2.75, 3.05) is 5.73 Å². The molecule has 5 heterocycles. The van der Waals surface area contributed by atoms with Crippen molar-refractivity contribution in [1.29, 1.82) is 0 Å². The van der Waals surface area contributed by atoms with E-state index in [0.29, 0.717) is 50.8 Å². The quantitative estimate of drug-likeness (QED) is 0.0392. The summed E-state index contributed by atoms with van der Waals surface area (Å²) in [5, 5.41) is 0. The van der Waals surface area contributed by atoms with Crippen molar-refractivity contribution < 1.29 is 40.5 Å². The molecule has 0 bridgehead atoms. The summed E-state index contributed by atoms with van der Waals surface area (Å²) in [5.74, 6) is 1.22. The van der Waals surface area contributed by atoms with Crippen LogP contribution in [0.3, 0.4) is 0 Å². The fourth-order valence-corrected chi connectivity index (χ4v) is 327. The van der Waals surface area contributed by atoms with Gasteiger partial charge >= 0.3 is 0 Å². The third-order valence-electron chi connectivity index (χ3n) is 16.2. The van der Waals surface area contributed by atoms with Crippen LogP contribution in [0.25, 0.3) is 11.6 Å². The first-order valence-corrected chi connectivity index (χ1v) is 79.1. The molecule has 10 aromatic rings. The van der Waals surface area contributed by atoms with E-state index in [2.05, 4.69) is 242 Å². The molecule has 109 heavy (non-hydrogen) atoms. The van der Waals surface area contributed by atoms with Gasteiger partial charge in [0.15, 0.2) is 0 Å². The zero-order valence-corrected chi connectivity index (χ0v) is 89.9. The van der Waals surface area contributed by atoms with Crippen molar-refractivity contribution in [3.8, 4) is 11.6 Å². The Bertz CT molecular complexity index is 4420. The van der Waals surface area contributed by atoms with E-state index >= 15 is 0 Å². The van der Waals surface area contributed by atoms with E-state index in [1.165, 1.54) is 47.3 Å². The van der Waals surface area contributed by atoms with Crippen molar-refractivity contribution in [2.45, 2.75) is 120 Å². The summed E-state index contributed by atoms with van der Waals surface area (Å²) in [4.78, 5) is 14.0. The Morgan fingerprint density at radius 2 is 0.651 bits per heavy atom. The number of pyridine rings is 3. The Morgan fingerprint density at radius 1 is 0.349 bits per heavy atom. The molecule has 587 valence electrons. The first-order valence-electron chi connectivity index (χ1n) is 33.4.